The first-order chi connectivity index (χ1) is 6.94. The van der Waals surface area contributed by atoms with Crippen molar-refractivity contribution in [2.75, 3.05) is 12.4 Å². The zero-order valence-corrected chi connectivity index (χ0v) is 10.5. The van der Waals surface area contributed by atoms with Crippen LogP contribution in [0.4, 0.5) is 4.79 Å². The van der Waals surface area contributed by atoms with Crippen LogP contribution in [0.15, 0.2) is 0 Å². The van der Waals surface area contributed by atoms with Gasteiger partial charge in [-0.05, 0) is 33.6 Å². The van der Waals surface area contributed by atoms with Crippen molar-refractivity contribution in [3.8, 4) is 0 Å². The molecular weight excluding hydrogens is 214 g/mol. The molecule has 1 aliphatic heterocycles. The van der Waals surface area contributed by atoms with Gasteiger partial charge in [-0.2, -0.15) is 0 Å². The van der Waals surface area contributed by atoms with Gasteiger partial charge in [0.1, 0.15) is 5.60 Å². The lowest BCUT2D eigenvalue weighted by atomic mass is 10.2. The van der Waals surface area contributed by atoms with Crippen molar-refractivity contribution in [2.24, 2.45) is 0 Å². The number of nitrogens with zero attached hydrogens (tertiary/aromatic N) is 1. The van der Waals surface area contributed by atoms with E-state index in [1.54, 1.807) is 4.90 Å². The Labute approximate surface area is 96.7 Å². The maximum absolute atomic E-state index is 11.5. The van der Waals surface area contributed by atoms with E-state index in [2.05, 4.69) is 0 Å². The van der Waals surface area contributed by atoms with Gasteiger partial charge in [-0.15, -0.1) is 11.6 Å². The molecule has 1 heterocycles. The maximum atomic E-state index is 11.5. The van der Waals surface area contributed by atoms with E-state index in [1.165, 1.54) is 0 Å². The molecular formula is C11H20ClNO2. The minimum Gasteiger partial charge on any atom is -0.444 e. The van der Waals surface area contributed by atoms with Crippen LogP contribution in [0.3, 0.4) is 0 Å². The number of ether oxygens (including phenoxy) is 1. The molecule has 88 valence electrons. The lowest BCUT2D eigenvalue weighted by molar-refractivity contribution is 0.0405. The third-order valence-corrected chi connectivity index (χ3v) is 2.53. The van der Waals surface area contributed by atoms with Gasteiger partial charge in [0.15, 0.2) is 0 Å². The molecule has 0 aromatic heterocycles. The Morgan fingerprint density at radius 1 is 1.47 bits per heavy atom. The SMILES string of the molecule is CC(C)(C)OC(=O)N1CC1CCCCCl. The van der Waals surface area contributed by atoms with Crippen molar-refractivity contribution in [3.05, 3.63) is 0 Å². The van der Waals surface area contributed by atoms with Crippen LogP contribution >= 0.6 is 11.6 Å². The first-order valence-electron chi connectivity index (χ1n) is 5.49. The van der Waals surface area contributed by atoms with E-state index in [-0.39, 0.29) is 11.7 Å². The highest BCUT2D eigenvalue weighted by Gasteiger charge is 2.40. The summed E-state index contributed by atoms with van der Waals surface area (Å²) in [7, 11) is 0. The van der Waals surface area contributed by atoms with Gasteiger partial charge < -0.3 is 9.64 Å². The molecule has 1 amide bonds. The van der Waals surface area contributed by atoms with Crippen LogP contribution in [-0.4, -0.2) is 35.1 Å². The molecule has 0 N–H and O–H groups in total. The number of rotatable bonds is 4. The summed E-state index contributed by atoms with van der Waals surface area (Å²) < 4.78 is 5.26. The van der Waals surface area contributed by atoms with Crippen molar-refractivity contribution in [1.82, 2.24) is 4.90 Å². The zero-order valence-electron chi connectivity index (χ0n) is 9.75. The summed E-state index contributed by atoms with van der Waals surface area (Å²) in [6.45, 7) is 6.50. The fraction of sp³-hybridized carbons (Fsp3) is 0.909. The summed E-state index contributed by atoms with van der Waals surface area (Å²) >= 11 is 5.59. The van der Waals surface area contributed by atoms with Crippen molar-refractivity contribution >= 4 is 17.7 Å². The number of halogens is 1. The van der Waals surface area contributed by atoms with Gasteiger partial charge in [-0.25, -0.2) is 4.79 Å². The van der Waals surface area contributed by atoms with Crippen LogP contribution in [-0.2, 0) is 4.74 Å². The molecule has 1 unspecified atom stereocenters. The van der Waals surface area contributed by atoms with E-state index in [1.807, 2.05) is 20.8 Å². The minimum atomic E-state index is -0.389. The zero-order chi connectivity index (χ0) is 11.5. The highest BCUT2D eigenvalue weighted by Crippen LogP contribution is 2.25. The largest absolute Gasteiger partial charge is 0.444 e. The van der Waals surface area contributed by atoms with E-state index in [0.29, 0.717) is 11.9 Å². The summed E-state index contributed by atoms with van der Waals surface area (Å²) in [6.07, 6.45) is 2.98. The molecule has 0 bridgehead atoms. The van der Waals surface area contributed by atoms with E-state index < -0.39 is 0 Å². The van der Waals surface area contributed by atoms with E-state index in [0.717, 1.165) is 25.8 Å². The standard InChI is InChI=1S/C11H20ClNO2/c1-11(2,3)15-10(14)13-8-9(13)6-4-5-7-12/h9H,4-8H2,1-3H3. The number of hydrogen-bond donors (Lipinski definition) is 0. The smallest absolute Gasteiger partial charge is 0.410 e. The van der Waals surface area contributed by atoms with Gasteiger partial charge in [0.2, 0.25) is 0 Å². The monoisotopic (exact) mass is 233 g/mol. The molecule has 1 fully saturated rings. The molecule has 0 saturated carbocycles. The number of hydrogen-bond acceptors (Lipinski definition) is 2. The topological polar surface area (TPSA) is 29.3 Å². The molecule has 0 aromatic carbocycles. The van der Waals surface area contributed by atoms with Crippen LogP contribution in [0, 0.1) is 0 Å². The van der Waals surface area contributed by atoms with Crippen molar-refractivity contribution in [3.63, 3.8) is 0 Å². The lowest BCUT2D eigenvalue weighted by Crippen LogP contribution is -2.27. The molecule has 1 atom stereocenters. The van der Waals surface area contributed by atoms with E-state index in [9.17, 15) is 4.79 Å². The lowest BCUT2D eigenvalue weighted by Gasteiger charge is -2.19. The Morgan fingerprint density at radius 3 is 2.67 bits per heavy atom. The Balaban J connectivity index is 2.17. The van der Waals surface area contributed by atoms with Crippen LogP contribution in [0.2, 0.25) is 0 Å². The van der Waals surface area contributed by atoms with Crippen molar-refractivity contribution in [1.29, 1.82) is 0 Å². The molecule has 1 aliphatic rings. The molecule has 0 spiro atoms. The fourth-order valence-electron chi connectivity index (χ4n) is 1.45. The Kier molecular flexibility index (Phi) is 4.26. The van der Waals surface area contributed by atoms with Gasteiger partial charge in [0.05, 0.1) is 6.04 Å². The van der Waals surface area contributed by atoms with Crippen LogP contribution in [0.25, 0.3) is 0 Å². The number of alkyl halides is 1. The second-order valence-electron chi connectivity index (χ2n) is 4.97. The highest BCUT2D eigenvalue weighted by molar-refractivity contribution is 6.17. The summed E-state index contributed by atoms with van der Waals surface area (Å²) in [5.74, 6) is 0.707. The van der Waals surface area contributed by atoms with Gasteiger partial charge in [0.25, 0.3) is 0 Å². The summed E-state index contributed by atoms with van der Waals surface area (Å²) in [5, 5.41) is 0. The Morgan fingerprint density at radius 2 is 2.13 bits per heavy atom. The summed E-state index contributed by atoms with van der Waals surface area (Å²) in [6, 6.07) is 0.392. The predicted octanol–water partition coefficient (Wildman–Crippen LogP) is 3.01. The average Bonchev–Trinajstić information content (AvgIpc) is 2.81. The molecule has 0 radical (unpaired) electrons. The number of carbonyl (C=O) groups is 1. The van der Waals surface area contributed by atoms with Gasteiger partial charge in [0, 0.05) is 12.4 Å². The second kappa shape index (κ2) is 5.06. The average molecular weight is 234 g/mol. The highest BCUT2D eigenvalue weighted by atomic mass is 35.5. The molecule has 0 aliphatic carbocycles. The first kappa shape index (κ1) is 12.6. The van der Waals surface area contributed by atoms with Gasteiger partial charge in [-0.3, -0.25) is 0 Å². The number of amides is 1. The van der Waals surface area contributed by atoms with E-state index in [4.69, 9.17) is 16.3 Å². The maximum Gasteiger partial charge on any atom is 0.410 e. The van der Waals surface area contributed by atoms with Gasteiger partial charge in [-0.1, -0.05) is 6.42 Å². The molecule has 0 aromatic rings. The Bertz CT molecular complexity index is 225. The van der Waals surface area contributed by atoms with Crippen LogP contribution < -0.4 is 0 Å². The molecule has 1 saturated heterocycles. The fourth-order valence-corrected chi connectivity index (χ4v) is 1.63. The Hall–Kier alpha value is -0.440. The first-order valence-corrected chi connectivity index (χ1v) is 6.03. The third-order valence-electron chi connectivity index (χ3n) is 2.26. The second-order valence-corrected chi connectivity index (χ2v) is 5.35. The van der Waals surface area contributed by atoms with Gasteiger partial charge >= 0.3 is 6.09 Å². The summed E-state index contributed by atoms with van der Waals surface area (Å²) in [4.78, 5) is 13.3. The van der Waals surface area contributed by atoms with Crippen LogP contribution in [0.5, 0.6) is 0 Å². The molecule has 4 heteroatoms. The van der Waals surface area contributed by atoms with Crippen molar-refractivity contribution < 1.29 is 9.53 Å². The van der Waals surface area contributed by atoms with Crippen LogP contribution in [0.1, 0.15) is 40.0 Å². The quantitative estimate of drug-likeness (QED) is 0.424. The minimum absolute atomic E-state index is 0.182. The number of carbonyl (C=O) groups excluding carboxylic acids is 1. The molecule has 1 rings (SSSR count). The van der Waals surface area contributed by atoms with E-state index >= 15 is 0 Å². The predicted molar refractivity (Wildman–Crippen MR) is 61.3 cm³/mol. The van der Waals surface area contributed by atoms with Crippen molar-refractivity contribution in [2.45, 2.75) is 51.7 Å². The third kappa shape index (κ3) is 4.74. The normalized spacial score (nSPS) is 20.3. The summed E-state index contributed by atoms with van der Waals surface area (Å²) in [5.41, 5.74) is -0.389. The molecule has 15 heavy (non-hydrogen) atoms. The molecule has 3 nitrogen and oxygen atoms in total. The number of unbranched alkanes of at least 4 members (excludes halogenated alkanes) is 1.